The molecule has 0 atom stereocenters. The molecule has 3 heterocycles. The van der Waals surface area contributed by atoms with Gasteiger partial charge < -0.3 is 35.8 Å². The van der Waals surface area contributed by atoms with E-state index in [1.807, 2.05) is 18.2 Å². The van der Waals surface area contributed by atoms with E-state index in [1.54, 1.807) is 12.5 Å². The SMILES string of the molecule is COc1cc(N2CCOCC2)ccc1Nc1ncc(Cl)c(Nc2sccc2C(=O)O)n1.NC=O. The first-order valence-electron chi connectivity index (χ1n) is 10.00. The molecule has 11 nitrogen and oxygen atoms in total. The molecule has 0 bridgehead atoms. The number of aromatic carboxylic acids is 1. The van der Waals surface area contributed by atoms with Gasteiger partial charge in [-0.15, -0.1) is 11.3 Å². The van der Waals surface area contributed by atoms with Crippen LogP contribution in [0.1, 0.15) is 10.4 Å². The minimum absolute atomic E-state index is 0.148. The number of nitrogens with two attached hydrogens (primary N) is 1. The zero-order valence-corrected chi connectivity index (χ0v) is 19.7. The highest BCUT2D eigenvalue weighted by Crippen LogP contribution is 2.33. The molecule has 0 aliphatic carbocycles. The third-order valence-electron chi connectivity index (χ3n) is 4.68. The van der Waals surface area contributed by atoms with Crippen molar-refractivity contribution in [3.63, 3.8) is 0 Å². The molecule has 4 rings (SSSR count). The summed E-state index contributed by atoms with van der Waals surface area (Å²) < 4.78 is 11.0. The van der Waals surface area contributed by atoms with Crippen molar-refractivity contribution in [3.05, 3.63) is 46.4 Å². The van der Waals surface area contributed by atoms with Gasteiger partial charge in [0.15, 0.2) is 5.82 Å². The number of ether oxygens (including phenoxy) is 2. The number of aromatic nitrogens is 2. The van der Waals surface area contributed by atoms with Crippen molar-refractivity contribution in [2.45, 2.75) is 0 Å². The van der Waals surface area contributed by atoms with E-state index in [9.17, 15) is 9.90 Å². The summed E-state index contributed by atoms with van der Waals surface area (Å²) in [4.78, 5) is 30.8. The molecule has 2 aromatic heterocycles. The largest absolute Gasteiger partial charge is 0.494 e. The molecule has 34 heavy (non-hydrogen) atoms. The summed E-state index contributed by atoms with van der Waals surface area (Å²) in [5, 5.41) is 17.8. The number of benzene rings is 1. The van der Waals surface area contributed by atoms with Crippen LogP contribution in [0.3, 0.4) is 0 Å². The summed E-state index contributed by atoms with van der Waals surface area (Å²) in [7, 11) is 1.60. The topological polar surface area (TPSA) is 152 Å². The number of amides is 1. The molecular formula is C21H23ClN6O5S. The molecule has 1 saturated heterocycles. The number of rotatable bonds is 7. The first kappa shape index (κ1) is 25.0. The molecule has 1 amide bonds. The van der Waals surface area contributed by atoms with Crippen molar-refractivity contribution in [1.29, 1.82) is 0 Å². The standard InChI is InChI=1S/C20H20ClN5O4S.CH3NO/c1-29-16-10-12(26-5-7-30-8-6-26)2-3-15(16)23-20-22-11-14(21)17(25-20)24-18-13(19(27)28)4-9-31-18;2-1-3/h2-4,9-11H,5-8H2,1H3,(H,27,28)(H2,22,23,24,25);1H,(H2,2,3). The number of hydrogen-bond acceptors (Lipinski definition) is 10. The van der Waals surface area contributed by atoms with Gasteiger partial charge in [-0.3, -0.25) is 4.79 Å². The number of morpholine rings is 1. The third kappa shape index (κ3) is 6.25. The van der Waals surface area contributed by atoms with E-state index in [0.29, 0.717) is 35.5 Å². The molecule has 1 aliphatic heterocycles. The Labute approximate surface area is 204 Å². The number of nitrogens with zero attached hydrogens (tertiary/aromatic N) is 3. The van der Waals surface area contributed by atoms with E-state index in [2.05, 4.69) is 31.2 Å². The first-order chi connectivity index (χ1) is 16.5. The number of carbonyl (C=O) groups is 2. The van der Waals surface area contributed by atoms with Crippen LogP contribution in [0.15, 0.2) is 35.8 Å². The van der Waals surface area contributed by atoms with E-state index in [1.165, 1.54) is 23.6 Å². The Morgan fingerprint density at radius 3 is 2.74 bits per heavy atom. The third-order valence-corrected chi connectivity index (χ3v) is 5.79. The lowest BCUT2D eigenvalue weighted by molar-refractivity contribution is -0.106. The molecule has 0 spiro atoms. The molecule has 5 N–H and O–H groups in total. The van der Waals surface area contributed by atoms with Gasteiger partial charge in [-0.1, -0.05) is 11.6 Å². The molecule has 3 aromatic rings. The van der Waals surface area contributed by atoms with E-state index in [4.69, 9.17) is 25.9 Å². The molecule has 0 radical (unpaired) electrons. The van der Waals surface area contributed by atoms with E-state index in [-0.39, 0.29) is 22.9 Å². The van der Waals surface area contributed by atoms with Crippen LogP contribution < -0.4 is 26.0 Å². The fourth-order valence-corrected chi connectivity index (χ4v) is 4.04. The lowest BCUT2D eigenvalue weighted by Crippen LogP contribution is -2.36. The molecule has 0 saturated carbocycles. The van der Waals surface area contributed by atoms with Crippen LogP contribution in [0.25, 0.3) is 0 Å². The lowest BCUT2D eigenvalue weighted by Gasteiger charge is -2.29. The molecule has 0 unspecified atom stereocenters. The van der Waals surface area contributed by atoms with Gasteiger partial charge in [0.25, 0.3) is 0 Å². The zero-order chi connectivity index (χ0) is 24.5. The number of carbonyl (C=O) groups excluding carboxylic acids is 1. The zero-order valence-electron chi connectivity index (χ0n) is 18.2. The predicted molar refractivity (Wildman–Crippen MR) is 131 cm³/mol. The molecule has 1 aliphatic rings. The Morgan fingerprint density at radius 1 is 1.32 bits per heavy atom. The van der Waals surface area contributed by atoms with E-state index < -0.39 is 5.97 Å². The Bertz CT molecular complexity index is 1140. The monoisotopic (exact) mass is 506 g/mol. The van der Waals surface area contributed by atoms with Crippen molar-refractivity contribution >= 4 is 63.5 Å². The first-order valence-corrected chi connectivity index (χ1v) is 11.3. The number of halogens is 1. The normalized spacial score (nSPS) is 12.8. The second-order valence-electron chi connectivity index (χ2n) is 6.73. The molecule has 180 valence electrons. The van der Waals surface area contributed by atoms with E-state index in [0.717, 1.165) is 18.8 Å². The Hall–Kier alpha value is -3.61. The molecule has 13 heteroatoms. The number of nitrogens with one attached hydrogen (secondary N) is 2. The predicted octanol–water partition coefficient (Wildman–Crippen LogP) is 3.32. The molecular weight excluding hydrogens is 484 g/mol. The van der Waals surface area contributed by atoms with Gasteiger partial charge in [-0.2, -0.15) is 4.98 Å². The number of methoxy groups -OCH3 is 1. The molecule has 1 aromatic carbocycles. The number of carboxylic acid groups (broad SMARTS) is 1. The van der Waals surface area contributed by atoms with Gasteiger partial charge >= 0.3 is 5.97 Å². The van der Waals surface area contributed by atoms with Crippen LogP contribution in [0.5, 0.6) is 5.75 Å². The Morgan fingerprint density at radius 2 is 2.06 bits per heavy atom. The highest BCUT2D eigenvalue weighted by molar-refractivity contribution is 7.14. The van der Waals surface area contributed by atoms with Crippen LogP contribution in [0.2, 0.25) is 5.02 Å². The number of thiophene rings is 1. The van der Waals surface area contributed by atoms with E-state index >= 15 is 0 Å². The Kier molecular flexibility index (Phi) is 8.85. The maximum Gasteiger partial charge on any atom is 0.338 e. The fourth-order valence-electron chi connectivity index (χ4n) is 3.12. The average Bonchev–Trinajstić information content (AvgIpc) is 3.31. The van der Waals surface area contributed by atoms with Crippen molar-refractivity contribution in [1.82, 2.24) is 9.97 Å². The van der Waals surface area contributed by atoms with Crippen LogP contribution >= 0.6 is 22.9 Å². The van der Waals surface area contributed by atoms with Crippen LogP contribution in [0, 0.1) is 0 Å². The van der Waals surface area contributed by atoms with Crippen molar-refractivity contribution in [3.8, 4) is 5.75 Å². The van der Waals surface area contributed by atoms with Crippen LogP contribution in [-0.4, -0.2) is 60.9 Å². The number of anilines is 5. The van der Waals surface area contributed by atoms with Gasteiger partial charge in [0, 0.05) is 24.8 Å². The second kappa shape index (κ2) is 12.0. The number of carboxylic acids is 1. The molecule has 1 fully saturated rings. The summed E-state index contributed by atoms with van der Waals surface area (Å²) in [6.45, 7) is 3.05. The Balaban J connectivity index is 0.00000103. The van der Waals surface area contributed by atoms with Crippen molar-refractivity contribution < 1.29 is 24.2 Å². The van der Waals surface area contributed by atoms with Gasteiger partial charge in [-0.25, -0.2) is 9.78 Å². The summed E-state index contributed by atoms with van der Waals surface area (Å²) in [6.07, 6.45) is 1.70. The van der Waals surface area contributed by atoms with Crippen LogP contribution in [0.4, 0.5) is 28.1 Å². The van der Waals surface area contributed by atoms with Gasteiger partial charge in [-0.05, 0) is 23.6 Å². The van der Waals surface area contributed by atoms with Gasteiger partial charge in [0.05, 0.1) is 37.8 Å². The van der Waals surface area contributed by atoms with Crippen molar-refractivity contribution in [2.75, 3.05) is 48.9 Å². The van der Waals surface area contributed by atoms with Crippen LogP contribution in [-0.2, 0) is 9.53 Å². The lowest BCUT2D eigenvalue weighted by atomic mass is 10.2. The smallest absolute Gasteiger partial charge is 0.338 e. The summed E-state index contributed by atoms with van der Waals surface area (Å²) in [5.74, 6) is 0.201. The average molecular weight is 507 g/mol. The number of hydrogen-bond donors (Lipinski definition) is 4. The summed E-state index contributed by atoms with van der Waals surface area (Å²) >= 11 is 7.46. The highest BCUT2D eigenvalue weighted by Gasteiger charge is 2.16. The summed E-state index contributed by atoms with van der Waals surface area (Å²) in [6, 6.07) is 7.37. The van der Waals surface area contributed by atoms with Crippen molar-refractivity contribution in [2.24, 2.45) is 5.73 Å². The summed E-state index contributed by atoms with van der Waals surface area (Å²) in [5.41, 5.74) is 6.05. The fraction of sp³-hybridized carbons (Fsp3) is 0.238. The van der Waals surface area contributed by atoms with Gasteiger partial charge in [0.1, 0.15) is 15.8 Å². The quantitative estimate of drug-likeness (QED) is 0.351. The minimum atomic E-state index is -1.03. The highest BCUT2D eigenvalue weighted by atomic mass is 35.5. The number of primary amides is 1. The minimum Gasteiger partial charge on any atom is -0.494 e. The van der Waals surface area contributed by atoms with Gasteiger partial charge in [0.2, 0.25) is 12.4 Å². The maximum atomic E-state index is 11.3. The second-order valence-corrected chi connectivity index (χ2v) is 8.05. The maximum absolute atomic E-state index is 11.3.